The number of ether oxygens (including phenoxy) is 2. The van der Waals surface area contributed by atoms with Gasteiger partial charge in [0.2, 0.25) is 0 Å². The van der Waals surface area contributed by atoms with Gasteiger partial charge in [0, 0.05) is 23.8 Å². The molecule has 0 radical (unpaired) electrons. The van der Waals surface area contributed by atoms with Crippen molar-refractivity contribution in [2.75, 3.05) is 0 Å². The fourth-order valence-corrected chi connectivity index (χ4v) is 5.47. The van der Waals surface area contributed by atoms with E-state index in [1.165, 1.54) is 12.1 Å². The van der Waals surface area contributed by atoms with Crippen LogP contribution in [0.5, 0.6) is 11.5 Å². The van der Waals surface area contributed by atoms with Crippen LogP contribution in [0.25, 0.3) is 33.4 Å². The molecule has 0 atom stereocenters. The molecule has 13 heteroatoms. The zero-order chi connectivity index (χ0) is 36.3. The maximum absolute atomic E-state index is 15.3. The molecule has 0 spiro atoms. The average Bonchev–Trinajstić information content (AvgIpc) is 3.01. The van der Waals surface area contributed by atoms with E-state index in [1.54, 1.807) is 6.07 Å². The summed E-state index contributed by atoms with van der Waals surface area (Å²) in [6, 6.07) is 14.6. The van der Waals surface area contributed by atoms with Crippen molar-refractivity contribution in [3.63, 3.8) is 0 Å². The highest BCUT2D eigenvalue weighted by molar-refractivity contribution is 6.31. The van der Waals surface area contributed by atoms with Gasteiger partial charge in [-0.05, 0) is 64.6 Å². The third kappa shape index (κ3) is 7.91. The summed E-state index contributed by atoms with van der Waals surface area (Å²) in [4.78, 5) is 0. The third-order valence-electron chi connectivity index (χ3n) is 7.40. The monoisotopic (exact) mass is 724 g/mol. The first-order valence-electron chi connectivity index (χ1n) is 14.7. The van der Waals surface area contributed by atoms with Gasteiger partial charge in [-0.15, -0.1) is 0 Å². The van der Waals surface area contributed by atoms with Gasteiger partial charge in [-0.2, -0.15) is 8.78 Å². The van der Waals surface area contributed by atoms with E-state index in [2.05, 4.69) is 9.47 Å². The number of hydrogen-bond donors (Lipinski definition) is 0. The van der Waals surface area contributed by atoms with Crippen molar-refractivity contribution in [3.05, 3.63) is 142 Å². The Hall–Kier alpha value is -4.97. The molecular formula is C37H23ClF10O2. The number of halogens is 11. The van der Waals surface area contributed by atoms with E-state index in [9.17, 15) is 17.6 Å². The topological polar surface area (TPSA) is 18.5 Å². The molecule has 0 aliphatic rings. The molecule has 50 heavy (non-hydrogen) atoms. The fourth-order valence-electron chi connectivity index (χ4n) is 5.16. The Labute approximate surface area is 284 Å². The Morgan fingerprint density at radius 2 is 1.26 bits per heavy atom. The van der Waals surface area contributed by atoms with Crippen LogP contribution in [0.15, 0.2) is 91.2 Å². The summed E-state index contributed by atoms with van der Waals surface area (Å²) in [6.07, 6.45) is -5.42. The number of allylic oxidation sites excluding steroid dienone is 1. The molecule has 0 N–H and O–H groups in total. The van der Waals surface area contributed by atoms with Crippen LogP contribution in [0.1, 0.15) is 24.5 Å². The van der Waals surface area contributed by atoms with Crippen molar-refractivity contribution in [1.29, 1.82) is 0 Å². The predicted molar refractivity (Wildman–Crippen MR) is 168 cm³/mol. The Morgan fingerprint density at radius 1 is 0.680 bits per heavy atom. The molecule has 0 aromatic heterocycles. The first-order valence-corrected chi connectivity index (χ1v) is 15.1. The molecule has 0 bridgehead atoms. The van der Waals surface area contributed by atoms with Gasteiger partial charge in [0.15, 0.2) is 17.4 Å². The fraction of sp³-hybridized carbons (Fsp3) is 0.135. The number of rotatable bonds is 11. The van der Waals surface area contributed by atoms with E-state index < -0.39 is 80.6 Å². The summed E-state index contributed by atoms with van der Waals surface area (Å²) in [7, 11) is 0. The molecule has 260 valence electrons. The third-order valence-corrected chi connectivity index (χ3v) is 7.70. The van der Waals surface area contributed by atoms with Crippen LogP contribution in [0.3, 0.4) is 0 Å². The molecule has 0 fully saturated rings. The lowest BCUT2D eigenvalue weighted by Crippen LogP contribution is -2.24. The molecule has 0 aliphatic carbocycles. The zero-order valence-corrected chi connectivity index (χ0v) is 26.4. The lowest BCUT2D eigenvalue weighted by molar-refractivity contribution is -0.187. The van der Waals surface area contributed by atoms with E-state index >= 15 is 26.3 Å². The van der Waals surface area contributed by atoms with Gasteiger partial charge in [-0.1, -0.05) is 61.3 Å². The summed E-state index contributed by atoms with van der Waals surface area (Å²) in [5.74, 6) is -10.8. The molecular weight excluding hydrogens is 702 g/mol. The number of hydrogen-bond acceptors (Lipinski definition) is 2. The van der Waals surface area contributed by atoms with Crippen LogP contribution in [-0.2, 0) is 12.5 Å². The standard InChI is InChI=1S/C37H23ClF10O2/c1-2-3-19-4-6-20(7-5-19)21-8-9-25(27(39)13-21)22-14-28(40)34(29(41)15-22)23-12-26(38)35(30(42)16-23)37(47,48)50-24-17-31(43)36(32(44)18-24)49-11-10-33(45)46/h4-18,33H,2-3H2,1H3/b11-10+. The number of benzene rings is 5. The Bertz CT molecular complexity index is 1990. The van der Waals surface area contributed by atoms with E-state index in [1.807, 2.05) is 31.2 Å². The quantitative estimate of drug-likeness (QED) is 0.0997. The second-order valence-electron chi connectivity index (χ2n) is 10.9. The minimum absolute atomic E-state index is 0.144. The van der Waals surface area contributed by atoms with Crippen LogP contribution in [0, 0.1) is 34.9 Å². The van der Waals surface area contributed by atoms with E-state index in [0.717, 1.165) is 36.1 Å². The minimum atomic E-state index is -4.70. The van der Waals surface area contributed by atoms with E-state index in [0.29, 0.717) is 17.7 Å². The molecule has 2 nitrogen and oxygen atoms in total. The Kier molecular flexibility index (Phi) is 10.8. The van der Waals surface area contributed by atoms with Crippen LogP contribution in [-0.4, -0.2) is 6.43 Å². The predicted octanol–water partition coefficient (Wildman–Crippen LogP) is 12.4. The molecule has 5 rings (SSSR count). The van der Waals surface area contributed by atoms with Gasteiger partial charge in [0.25, 0.3) is 6.43 Å². The number of aryl methyl sites for hydroxylation is 1. The second-order valence-corrected chi connectivity index (χ2v) is 11.3. The zero-order valence-electron chi connectivity index (χ0n) is 25.6. The SMILES string of the molecule is CCCc1ccc(-c2ccc(-c3cc(F)c(-c4cc(F)c(C(F)(F)Oc5cc(F)c(O/C=C/C(F)F)c(F)c5)c(Cl)c4)c(F)c3)c(F)c2)cc1. The summed E-state index contributed by atoms with van der Waals surface area (Å²) in [5.41, 5.74) is -1.08. The maximum Gasteiger partial charge on any atom is 0.431 e. The lowest BCUT2D eigenvalue weighted by Gasteiger charge is -2.21. The van der Waals surface area contributed by atoms with Crippen LogP contribution in [0.4, 0.5) is 43.9 Å². The highest BCUT2D eigenvalue weighted by Crippen LogP contribution is 2.42. The summed E-state index contributed by atoms with van der Waals surface area (Å²) in [5, 5.41) is -1.07. The van der Waals surface area contributed by atoms with Crippen molar-refractivity contribution >= 4 is 11.6 Å². The van der Waals surface area contributed by atoms with Gasteiger partial charge in [0.05, 0.1) is 16.8 Å². The van der Waals surface area contributed by atoms with Gasteiger partial charge in [-0.25, -0.2) is 35.1 Å². The highest BCUT2D eigenvalue weighted by Gasteiger charge is 2.41. The van der Waals surface area contributed by atoms with Crippen molar-refractivity contribution in [3.8, 4) is 44.9 Å². The summed E-state index contributed by atoms with van der Waals surface area (Å²) >= 11 is 5.92. The number of alkyl halides is 4. The molecule has 0 aliphatic heterocycles. The summed E-state index contributed by atoms with van der Waals surface area (Å²) in [6.45, 7) is 2.05. The molecule has 5 aromatic carbocycles. The summed E-state index contributed by atoms with van der Waals surface area (Å²) < 4.78 is 153. The Balaban J connectivity index is 1.40. The smallest absolute Gasteiger partial charge is 0.431 e. The molecule has 0 heterocycles. The van der Waals surface area contributed by atoms with Crippen LogP contribution >= 0.6 is 11.6 Å². The first-order chi connectivity index (χ1) is 23.7. The molecule has 0 amide bonds. The molecule has 5 aromatic rings. The van der Waals surface area contributed by atoms with Crippen molar-refractivity contribution in [1.82, 2.24) is 0 Å². The second kappa shape index (κ2) is 14.9. The lowest BCUT2D eigenvalue weighted by atomic mass is 9.95. The largest absolute Gasteiger partial charge is 0.459 e. The highest BCUT2D eigenvalue weighted by atomic mass is 35.5. The van der Waals surface area contributed by atoms with E-state index in [4.69, 9.17) is 11.6 Å². The molecule has 0 saturated carbocycles. The van der Waals surface area contributed by atoms with Crippen LogP contribution in [0.2, 0.25) is 5.02 Å². The average molecular weight is 725 g/mol. The van der Waals surface area contributed by atoms with Crippen molar-refractivity contribution in [2.24, 2.45) is 0 Å². The normalized spacial score (nSPS) is 11.9. The Morgan fingerprint density at radius 3 is 1.82 bits per heavy atom. The first kappa shape index (κ1) is 36.3. The van der Waals surface area contributed by atoms with Crippen molar-refractivity contribution < 1.29 is 53.4 Å². The van der Waals surface area contributed by atoms with Gasteiger partial charge < -0.3 is 9.47 Å². The van der Waals surface area contributed by atoms with Gasteiger partial charge in [-0.3, -0.25) is 0 Å². The van der Waals surface area contributed by atoms with Crippen LogP contribution < -0.4 is 9.47 Å². The molecule has 0 unspecified atom stereocenters. The van der Waals surface area contributed by atoms with Gasteiger partial charge in [0.1, 0.15) is 34.6 Å². The molecule has 0 saturated heterocycles. The minimum Gasteiger partial charge on any atom is -0.459 e. The maximum atomic E-state index is 15.3. The van der Waals surface area contributed by atoms with Crippen molar-refractivity contribution in [2.45, 2.75) is 32.3 Å². The van der Waals surface area contributed by atoms with Gasteiger partial charge >= 0.3 is 6.11 Å². The van der Waals surface area contributed by atoms with E-state index in [-0.39, 0.29) is 35.6 Å².